The van der Waals surface area contributed by atoms with Crippen molar-refractivity contribution >= 4 is 11.0 Å². The molecule has 3 aromatic rings. The lowest BCUT2D eigenvalue weighted by atomic mass is 10.2. The van der Waals surface area contributed by atoms with Crippen LogP contribution in [-0.2, 0) is 13.1 Å². The molecule has 0 aliphatic heterocycles. The number of nitrogens with zero attached hydrogens (tertiary/aromatic N) is 2. The normalized spacial score (nSPS) is 12.4. The first-order chi connectivity index (χ1) is 12.6. The average Bonchev–Trinajstić information content (AvgIpc) is 2.91. The Bertz CT molecular complexity index is 926. The van der Waals surface area contributed by atoms with Crippen molar-refractivity contribution in [1.29, 1.82) is 5.41 Å². The highest BCUT2D eigenvalue weighted by Crippen LogP contribution is 2.17. The molecule has 5 nitrogen and oxygen atoms in total. The summed E-state index contributed by atoms with van der Waals surface area (Å²) in [6.45, 7) is 5.49. The van der Waals surface area contributed by atoms with Gasteiger partial charge >= 0.3 is 0 Å². The number of aryl methyl sites for hydroxylation is 2. The van der Waals surface area contributed by atoms with Gasteiger partial charge in [0.2, 0.25) is 5.62 Å². The van der Waals surface area contributed by atoms with Crippen LogP contribution in [0.2, 0.25) is 0 Å². The molecule has 0 amide bonds. The van der Waals surface area contributed by atoms with E-state index in [9.17, 15) is 5.11 Å². The molecule has 0 saturated heterocycles. The maximum Gasteiger partial charge on any atom is 0.203 e. The summed E-state index contributed by atoms with van der Waals surface area (Å²) in [5.41, 5.74) is 3.49. The highest BCUT2D eigenvalue weighted by atomic mass is 16.5. The zero-order chi connectivity index (χ0) is 18.5. The van der Waals surface area contributed by atoms with E-state index in [1.165, 1.54) is 0 Å². The third-order valence-corrected chi connectivity index (χ3v) is 4.63. The maximum absolute atomic E-state index is 10.5. The van der Waals surface area contributed by atoms with Crippen LogP contribution in [0.4, 0.5) is 0 Å². The van der Waals surface area contributed by atoms with E-state index in [1.807, 2.05) is 64.6 Å². The number of unbranched alkanes of at least 4 members (excludes halogenated alkanes) is 1. The predicted octanol–water partition coefficient (Wildman–Crippen LogP) is 3.47. The van der Waals surface area contributed by atoms with Crippen LogP contribution in [-0.4, -0.2) is 27.0 Å². The molecule has 0 aliphatic rings. The standard InChI is InChI=1S/C21H27N3O2/c1-3-4-13-23-18-10-6-7-11-19(18)24(21(23)22)14-17(25)15-26-20-12-8-5-9-16(20)2/h5-12,17,22,25H,3-4,13-15H2,1-2H3/t17-/m0/s1. The van der Waals surface area contributed by atoms with E-state index in [2.05, 4.69) is 6.92 Å². The van der Waals surface area contributed by atoms with Gasteiger partial charge in [0.05, 0.1) is 17.6 Å². The van der Waals surface area contributed by atoms with Gasteiger partial charge in [0, 0.05) is 6.54 Å². The van der Waals surface area contributed by atoms with Gasteiger partial charge in [0.15, 0.2) is 0 Å². The predicted molar refractivity (Wildman–Crippen MR) is 103 cm³/mol. The third kappa shape index (κ3) is 3.83. The van der Waals surface area contributed by atoms with Crippen LogP contribution in [0.1, 0.15) is 25.3 Å². The topological polar surface area (TPSA) is 63.2 Å². The lowest BCUT2D eigenvalue weighted by Crippen LogP contribution is -2.31. The molecule has 138 valence electrons. The van der Waals surface area contributed by atoms with E-state index >= 15 is 0 Å². The summed E-state index contributed by atoms with van der Waals surface area (Å²) in [6.07, 6.45) is 1.43. The molecule has 0 spiro atoms. The van der Waals surface area contributed by atoms with E-state index in [1.54, 1.807) is 0 Å². The number of hydrogen-bond donors (Lipinski definition) is 2. The van der Waals surface area contributed by atoms with E-state index in [0.717, 1.165) is 41.7 Å². The van der Waals surface area contributed by atoms with Crippen molar-refractivity contribution in [3.63, 3.8) is 0 Å². The van der Waals surface area contributed by atoms with Crippen LogP contribution in [0.15, 0.2) is 48.5 Å². The summed E-state index contributed by atoms with van der Waals surface area (Å²) in [5, 5.41) is 19.0. The molecule has 0 bridgehead atoms. The fourth-order valence-corrected chi connectivity index (χ4v) is 3.19. The molecule has 1 heterocycles. The molecule has 1 atom stereocenters. The number of benzene rings is 2. The van der Waals surface area contributed by atoms with Crippen molar-refractivity contribution in [2.75, 3.05) is 6.61 Å². The van der Waals surface area contributed by atoms with Crippen molar-refractivity contribution in [2.45, 2.75) is 45.9 Å². The Balaban J connectivity index is 1.78. The van der Waals surface area contributed by atoms with Crippen molar-refractivity contribution in [1.82, 2.24) is 9.13 Å². The second-order valence-corrected chi connectivity index (χ2v) is 6.66. The van der Waals surface area contributed by atoms with Crippen LogP contribution in [0, 0.1) is 12.3 Å². The van der Waals surface area contributed by atoms with E-state index in [-0.39, 0.29) is 6.61 Å². The van der Waals surface area contributed by atoms with Crippen molar-refractivity contribution in [3.05, 3.63) is 59.7 Å². The number of hydrogen-bond acceptors (Lipinski definition) is 3. The highest BCUT2D eigenvalue weighted by molar-refractivity contribution is 5.75. The highest BCUT2D eigenvalue weighted by Gasteiger charge is 2.14. The molecule has 0 saturated carbocycles. The summed E-state index contributed by atoms with van der Waals surface area (Å²) < 4.78 is 9.66. The molecule has 2 N–H and O–H groups in total. The number of aromatic nitrogens is 2. The summed E-state index contributed by atoms with van der Waals surface area (Å²) >= 11 is 0. The van der Waals surface area contributed by atoms with Crippen LogP contribution in [0.25, 0.3) is 11.0 Å². The molecule has 1 aromatic heterocycles. The zero-order valence-corrected chi connectivity index (χ0v) is 15.5. The first kappa shape index (κ1) is 18.3. The van der Waals surface area contributed by atoms with Gasteiger partial charge in [-0.2, -0.15) is 0 Å². The van der Waals surface area contributed by atoms with E-state index in [4.69, 9.17) is 10.1 Å². The number of rotatable bonds is 8. The first-order valence-corrected chi connectivity index (χ1v) is 9.21. The average molecular weight is 353 g/mol. The molecule has 0 fully saturated rings. The Morgan fingerprint density at radius 1 is 1.04 bits per heavy atom. The van der Waals surface area contributed by atoms with Crippen LogP contribution < -0.4 is 10.4 Å². The number of fused-ring (bicyclic) bond motifs is 1. The third-order valence-electron chi connectivity index (χ3n) is 4.63. The number of ether oxygens (including phenoxy) is 1. The minimum absolute atomic E-state index is 0.200. The molecule has 2 aromatic carbocycles. The van der Waals surface area contributed by atoms with Gasteiger partial charge in [-0.25, -0.2) is 0 Å². The van der Waals surface area contributed by atoms with E-state index < -0.39 is 6.10 Å². The Morgan fingerprint density at radius 2 is 1.69 bits per heavy atom. The molecule has 26 heavy (non-hydrogen) atoms. The Kier molecular flexibility index (Phi) is 5.78. The van der Waals surface area contributed by atoms with E-state index in [0.29, 0.717) is 12.2 Å². The SMILES string of the molecule is CCCCn1c(=N)n(C[C@H](O)COc2ccccc2C)c2ccccc21. The second-order valence-electron chi connectivity index (χ2n) is 6.66. The minimum atomic E-state index is -0.686. The van der Waals surface area contributed by atoms with Gasteiger partial charge < -0.3 is 19.0 Å². The molecule has 0 unspecified atom stereocenters. The minimum Gasteiger partial charge on any atom is -0.491 e. The largest absolute Gasteiger partial charge is 0.491 e. The number of aliphatic hydroxyl groups is 1. The lowest BCUT2D eigenvalue weighted by Gasteiger charge is -2.15. The monoisotopic (exact) mass is 353 g/mol. The number of aliphatic hydroxyl groups excluding tert-OH is 1. The summed E-state index contributed by atoms with van der Waals surface area (Å²) in [6, 6.07) is 15.8. The molecule has 5 heteroatoms. The van der Waals surface area contributed by atoms with Gasteiger partial charge in [-0.15, -0.1) is 0 Å². The van der Waals surface area contributed by atoms with Gasteiger partial charge in [-0.1, -0.05) is 43.7 Å². The Hall–Kier alpha value is -2.53. The summed E-state index contributed by atoms with van der Waals surface area (Å²) in [7, 11) is 0. The number of imidazole rings is 1. The van der Waals surface area contributed by atoms with Gasteiger partial charge in [-0.3, -0.25) is 5.41 Å². The second kappa shape index (κ2) is 8.23. The number of nitrogens with one attached hydrogen (secondary N) is 1. The Labute approximate surface area is 154 Å². The van der Waals surface area contributed by atoms with Crippen molar-refractivity contribution < 1.29 is 9.84 Å². The van der Waals surface area contributed by atoms with Gasteiger partial charge in [0.1, 0.15) is 18.5 Å². The van der Waals surface area contributed by atoms with Crippen molar-refractivity contribution in [3.8, 4) is 5.75 Å². The fraction of sp³-hybridized carbons (Fsp3) is 0.381. The van der Waals surface area contributed by atoms with Crippen LogP contribution in [0.5, 0.6) is 5.75 Å². The lowest BCUT2D eigenvalue weighted by molar-refractivity contribution is 0.0917. The maximum atomic E-state index is 10.5. The molecular formula is C21H27N3O2. The fourth-order valence-electron chi connectivity index (χ4n) is 3.19. The zero-order valence-electron chi connectivity index (χ0n) is 15.5. The molecule has 3 rings (SSSR count). The summed E-state index contributed by atoms with van der Waals surface area (Å²) in [4.78, 5) is 0. The molecule has 0 aliphatic carbocycles. The summed E-state index contributed by atoms with van der Waals surface area (Å²) in [5.74, 6) is 0.785. The van der Waals surface area contributed by atoms with Gasteiger partial charge in [0.25, 0.3) is 0 Å². The molecular weight excluding hydrogens is 326 g/mol. The van der Waals surface area contributed by atoms with Crippen molar-refractivity contribution in [2.24, 2.45) is 0 Å². The van der Waals surface area contributed by atoms with Crippen LogP contribution in [0.3, 0.4) is 0 Å². The quantitative estimate of drug-likeness (QED) is 0.651. The molecule has 0 radical (unpaired) electrons. The smallest absolute Gasteiger partial charge is 0.203 e. The van der Waals surface area contributed by atoms with Gasteiger partial charge in [-0.05, 0) is 37.1 Å². The first-order valence-electron chi connectivity index (χ1n) is 9.21. The van der Waals surface area contributed by atoms with Crippen LogP contribution >= 0.6 is 0 Å². The Morgan fingerprint density at radius 3 is 2.38 bits per heavy atom. The number of para-hydroxylation sites is 3.